The first-order valence-electron chi connectivity index (χ1n) is 3.33. The molecule has 1 nitrogen and oxygen atoms in total. The molecular weight excluding hydrogens is 136 g/mol. The Labute approximate surface area is 60.4 Å². The molecule has 0 aliphatic heterocycles. The van der Waals surface area contributed by atoms with Gasteiger partial charge in [-0.15, -0.1) is 0 Å². The van der Waals surface area contributed by atoms with Gasteiger partial charge in [-0.1, -0.05) is 0 Å². The Morgan fingerprint density at radius 2 is 2.33 bits per heavy atom. The minimum Gasteiger partial charge on any atom is -0.276 e. The molecule has 1 unspecified atom stereocenters. The van der Waals surface area contributed by atoms with E-state index in [0.717, 1.165) is 19.3 Å². The molecule has 1 atom stereocenters. The lowest BCUT2D eigenvalue weighted by Crippen LogP contribution is -2.12. The smallest absolute Gasteiger partial charge is 0.269 e. The van der Waals surface area contributed by atoms with Crippen LogP contribution in [0.25, 0.3) is 0 Å². The standard InChI is InChI=1S/C7H10ClO/c8-7(9)6-4-2-1-3-5-6/h4,6H,1-3,5H2/q+1. The maximum absolute atomic E-state index is 10.5. The normalized spacial score (nSPS) is 27.0. The van der Waals surface area contributed by atoms with Crippen LogP contribution in [0.15, 0.2) is 0 Å². The highest BCUT2D eigenvalue weighted by molar-refractivity contribution is 6.64. The van der Waals surface area contributed by atoms with Crippen LogP contribution in [-0.4, -0.2) is 5.24 Å². The molecule has 0 radical (unpaired) electrons. The van der Waals surface area contributed by atoms with Gasteiger partial charge < -0.3 is 0 Å². The van der Waals surface area contributed by atoms with Crippen LogP contribution in [0.3, 0.4) is 0 Å². The van der Waals surface area contributed by atoms with Crippen LogP contribution >= 0.6 is 11.6 Å². The van der Waals surface area contributed by atoms with Crippen molar-refractivity contribution in [2.75, 3.05) is 0 Å². The van der Waals surface area contributed by atoms with Crippen LogP contribution in [0, 0.1) is 12.3 Å². The van der Waals surface area contributed by atoms with Crippen LogP contribution in [-0.2, 0) is 4.79 Å². The van der Waals surface area contributed by atoms with Crippen LogP contribution in [0.2, 0.25) is 0 Å². The van der Waals surface area contributed by atoms with E-state index in [9.17, 15) is 4.79 Å². The number of hydrogen-bond donors (Lipinski definition) is 0. The minimum atomic E-state index is -0.185. The molecule has 1 fully saturated rings. The van der Waals surface area contributed by atoms with Gasteiger partial charge >= 0.3 is 0 Å². The monoisotopic (exact) mass is 145 g/mol. The molecule has 1 rings (SSSR count). The van der Waals surface area contributed by atoms with Crippen molar-refractivity contribution < 1.29 is 4.79 Å². The van der Waals surface area contributed by atoms with Crippen molar-refractivity contribution in [1.29, 1.82) is 0 Å². The quantitative estimate of drug-likeness (QED) is 0.408. The maximum Gasteiger partial charge on any atom is 0.269 e. The fraction of sp³-hybridized carbons (Fsp3) is 0.714. The predicted octanol–water partition coefficient (Wildman–Crippen LogP) is 2.15. The first kappa shape index (κ1) is 6.94. The highest BCUT2D eigenvalue weighted by atomic mass is 35.5. The summed E-state index contributed by atoms with van der Waals surface area (Å²) >= 11 is 5.29. The van der Waals surface area contributed by atoms with Crippen LogP contribution in [0.5, 0.6) is 0 Å². The van der Waals surface area contributed by atoms with Gasteiger partial charge in [-0.2, -0.15) is 0 Å². The highest BCUT2D eigenvalue weighted by Crippen LogP contribution is 2.24. The van der Waals surface area contributed by atoms with Crippen molar-refractivity contribution in [2.24, 2.45) is 5.92 Å². The SMILES string of the molecule is O=C(Cl)C1[CH+]CCCC1. The van der Waals surface area contributed by atoms with Gasteiger partial charge in [0, 0.05) is 0 Å². The molecule has 0 amide bonds. The largest absolute Gasteiger partial charge is 0.276 e. The van der Waals surface area contributed by atoms with Crippen molar-refractivity contribution in [3.8, 4) is 0 Å². The summed E-state index contributed by atoms with van der Waals surface area (Å²) < 4.78 is 0. The Hall–Kier alpha value is -0.170. The zero-order chi connectivity index (χ0) is 6.69. The summed E-state index contributed by atoms with van der Waals surface area (Å²) in [7, 11) is 0. The molecule has 0 aromatic rings. The van der Waals surface area contributed by atoms with Gasteiger partial charge in [0.15, 0.2) is 5.92 Å². The van der Waals surface area contributed by atoms with Gasteiger partial charge in [0.25, 0.3) is 5.24 Å². The van der Waals surface area contributed by atoms with Crippen LogP contribution in [0.4, 0.5) is 0 Å². The highest BCUT2D eigenvalue weighted by Gasteiger charge is 2.26. The predicted molar refractivity (Wildman–Crippen MR) is 37.1 cm³/mol. The summed E-state index contributed by atoms with van der Waals surface area (Å²) in [6.45, 7) is 0. The molecule has 1 aliphatic carbocycles. The van der Waals surface area contributed by atoms with Gasteiger partial charge in [0.1, 0.15) is 0 Å². The number of carbonyl (C=O) groups excluding carboxylic acids is 1. The van der Waals surface area contributed by atoms with E-state index in [-0.39, 0.29) is 11.2 Å². The molecule has 0 saturated heterocycles. The number of carbonyl (C=O) groups is 1. The van der Waals surface area contributed by atoms with E-state index in [0.29, 0.717) is 0 Å². The van der Waals surface area contributed by atoms with Crippen molar-refractivity contribution in [1.82, 2.24) is 0 Å². The van der Waals surface area contributed by atoms with E-state index < -0.39 is 0 Å². The second-order valence-electron chi connectivity index (χ2n) is 2.43. The molecule has 2 heteroatoms. The van der Waals surface area contributed by atoms with Crippen LogP contribution < -0.4 is 0 Å². The first-order valence-corrected chi connectivity index (χ1v) is 3.71. The van der Waals surface area contributed by atoms with E-state index in [1.165, 1.54) is 6.42 Å². The zero-order valence-corrected chi connectivity index (χ0v) is 6.03. The summed E-state index contributed by atoms with van der Waals surface area (Å²) in [5.41, 5.74) is 0. The Balaban J connectivity index is 2.31. The fourth-order valence-corrected chi connectivity index (χ4v) is 1.35. The maximum atomic E-state index is 10.5. The molecule has 0 heterocycles. The van der Waals surface area contributed by atoms with Gasteiger partial charge in [0.05, 0.1) is 12.8 Å². The van der Waals surface area contributed by atoms with Crippen molar-refractivity contribution in [3.05, 3.63) is 6.42 Å². The van der Waals surface area contributed by atoms with E-state index in [2.05, 4.69) is 0 Å². The number of halogens is 1. The molecule has 1 saturated carbocycles. The van der Waals surface area contributed by atoms with E-state index >= 15 is 0 Å². The third-order valence-electron chi connectivity index (χ3n) is 1.71. The number of rotatable bonds is 1. The zero-order valence-electron chi connectivity index (χ0n) is 5.27. The molecule has 50 valence electrons. The Morgan fingerprint density at radius 1 is 1.56 bits per heavy atom. The van der Waals surface area contributed by atoms with Crippen molar-refractivity contribution >= 4 is 16.8 Å². The van der Waals surface area contributed by atoms with Crippen LogP contribution in [0.1, 0.15) is 25.7 Å². The second-order valence-corrected chi connectivity index (χ2v) is 2.80. The molecule has 0 aromatic carbocycles. The lowest BCUT2D eigenvalue weighted by Gasteiger charge is -2.08. The van der Waals surface area contributed by atoms with Gasteiger partial charge in [-0.05, 0) is 30.9 Å². The van der Waals surface area contributed by atoms with Gasteiger partial charge in [-0.25, -0.2) is 0 Å². The summed E-state index contributed by atoms with van der Waals surface area (Å²) in [5, 5.41) is -0.185. The minimum absolute atomic E-state index is 0.0559. The van der Waals surface area contributed by atoms with Crippen molar-refractivity contribution in [3.63, 3.8) is 0 Å². The average Bonchev–Trinajstić information content (AvgIpc) is 1.90. The molecule has 0 N–H and O–H groups in total. The van der Waals surface area contributed by atoms with E-state index in [4.69, 9.17) is 11.6 Å². The average molecular weight is 146 g/mol. The first-order chi connectivity index (χ1) is 4.30. The second kappa shape index (κ2) is 3.11. The Morgan fingerprint density at radius 3 is 2.67 bits per heavy atom. The van der Waals surface area contributed by atoms with Gasteiger partial charge in [-0.3, -0.25) is 4.79 Å². The summed E-state index contributed by atoms with van der Waals surface area (Å²) in [4.78, 5) is 10.5. The molecule has 0 aromatic heterocycles. The molecular formula is C7H10ClO+. The summed E-state index contributed by atoms with van der Waals surface area (Å²) in [6, 6.07) is 0. The Bertz CT molecular complexity index is 105. The van der Waals surface area contributed by atoms with E-state index in [1.807, 2.05) is 6.42 Å². The molecule has 1 aliphatic rings. The third kappa shape index (κ3) is 1.90. The molecule has 0 bridgehead atoms. The third-order valence-corrected chi connectivity index (χ3v) is 1.99. The van der Waals surface area contributed by atoms with E-state index in [1.54, 1.807) is 0 Å². The lowest BCUT2D eigenvalue weighted by molar-refractivity contribution is -0.114. The molecule has 9 heavy (non-hydrogen) atoms. The fourth-order valence-electron chi connectivity index (χ4n) is 1.15. The number of hydrogen-bond acceptors (Lipinski definition) is 1. The lowest BCUT2D eigenvalue weighted by atomic mass is 9.90. The topological polar surface area (TPSA) is 17.1 Å². The summed E-state index contributed by atoms with van der Waals surface area (Å²) in [5.74, 6) is 0.0559. The van der Waals surface area contributed by atoms with Crippen molar-refractivity contribution in [2.45, 2.75) is 25.7 Å². The van der Waals surface area contributed by atoms with Gasteiger partial charge in [0.2, 0.25) is 0 Å². The Kier molecular flexibility index (Phi) is 2.40. The summed E-state index contributed by atoms with van der Waals surface area (Å²) in [6.07, 6.45) is 6.42. The molecule has 0 spiro atoms.